The van der Waals surface area contributed by atoms with Crippen molar-refractivity contribution in [1.29, 1.82) is 0 Å². The molecule has 0 aliphatic rings. The van der Waals surface area contributed by atoms with Crippen molar-refractivity contribution < 1.29 is 14.3 Å². The van der Waals surface area contributed by atoms with Gasteiger partial charge < -0.3 is 20.7 Å². The highest BCUT2D eigenvalue weighted by Crippen LogP contribution is 2.17. The predicted octanol–water partition coefficient (Wildman–Crippen LogP) is 3.11. The van der Waals surface area contributed by atoms with Crippen LogP contribution in [0.5, 0.6) is 5.75 Å². The van der Waals surface area contributed by atoms with Gasteiger partial charge in [-0.1, -0.05) is 41.2 Å². The van der Waals surface area contributed by atoms with E-state index in [1.54, 1.807) is 31.4 Å². The Kier molecular flexibility index (Phi) is 6.75. The number of hydrogen-bond acceptors (Lipinski definition) is 6. The van der Waals surface area contributed by atoms with Crippen LogP contribution in [0, 0.1) is 6.92 Å². The van der Waals surface area contributed by atoms with Gasteiger partial charge in [0.2, 0.25) is 5.01 Å². The Labute approximate surface area is 172 Å². The van der Waals surface area contributed by atoms with Crippen LogP contribution in [0.3, 0.4) is 0 Å². The van der Waals surface area contributed by atoms with Crippen LogP contribution in [0.25, 0.3) is 0 Å². The van der Waals surface area contributed by atoms with E-state index in [1.807, 2.05) is 31.2 Å². The lowest BCUT2D eigenvalue weighted by atomic mass is 10.1. The lowest BCUT2D eigenvalue weighted by Gasteiger charge is -2.06. The fraction of sp³-hybridized carbons (Fsp3) is 0.200. The summed E-state index contributed by atoms with van der Waals surface area (Å²) < 4.78 is 5.08. The number of benzene rings is 2. The number of methoxy groups -OCH3 is 1. The van der Waals surface area contributed by atoms with Gasteiger partial charge in [0.15, 0.2) is 0 Å². The molecule has 3 aromatic rings. The van der Waals surface area contributed by atoms with E-state index < -0.39 is 0 Å². The van der Waals surface area contributed by atoms with E-state index in [2.05, 4.69) is 26.1 Å². The van der Waals surface area contributed by atoms with Crippen LogP contribution in [-0.4, -0.2) is 29.2 Å². The minimum atomic E-state index is -0.359. The second-order valence-electron chi connectivity index (χ2n) is 6.21. The quantitative estimate of drug-likeness (QED) is 0.554. The Morgan fingerprint density at radius 3 is 2.34 bits per heavy atom. The summed E-state index contributed by atoms with van der Waals surface area (Å²) in [4.78, 5) is 24.2. The van der Waals surface area contributed by atoms with Gasteiger partial charge in [-0.2, -0.15) is 0 Å². The highest BCUT2D eigenvalue weighted by Gasteiger charge is 2.13. The van der Waals surface area contributed by atoms with E-state index in [-0.39, 0.29) is 23.5 Å². The van der Waals surface area contributed by atoms with Gasteiger partial charge in [-0.15, -0.1) is 10.2 Å². The van der Waals surface area contributed by atoms with Gasteiger partial charge in [-0.25, -0.2) is 4.79 Å². The average molecular weight is 411 g/mol. The second kappa shape index (κ2) is 9.65. The topological polar surface area (TPSA) is 105 Å². The first-order chi connectivity index (χ1) is 14.0. The third-order valence-corrected chi connectivity index (χ3v) is 4.90. The first-order valence-electron chi connectivity index (χ1n) is 8.88. The predicted molar refractivity (Wildman–Crippen MR) is 111 cm³/mol. The molecule has 0 radical (unpaired) electrons. The molecule has 8 nitrogen and oxygen atoms in total. The van der Waals surface area contributed by atoms with Crippen molar-refractivity contribution in [2.24, 2.45) is 0 Å². The maximum atomic E-state index is 12.3. The molecule has 3 rings (SSSR count). The van der Waals surface area contributed by atoms with Crippen LogP contribution < -0.4 is 20.7 Å². The molecule has 0 bridgehead atoms. The smallest absolute Gasteiger partial charge is 0.315 e. The summed E-state index contributed by atoms with van der Waals surface area (Å²) in [6.07, 6.45) is 0. The number of anilines is 1. The molecule has 0 saturated heterocycles. The highest BCUT2D eigenvalue weighted by molar-refractivity contribution is 7.13. The maximum absolute atomic E-state index is 12.3. The van der Waals surface area contributed by atoms with Gasteiger partial charge in [-0.3, -0.25) is 4.79 Å². The Balaban J connectivity index is 1.45. The second-order valence-corrected chi connectivity index (χ2v) is 7.27. The molecule has 2 aromatic carbocycles. The van der Waals surface area contributed by atoms with E-state index in [9.17, 15) is 9.59 Å². The molecular formula is C20H21N5O3S. The number of hydrogen-bond donors (Lipinski definition) is 3. The number of aromatic nitrogens is 2. The van der Waals surface area contributed by atoms with Gasteiger partial charge in [-0.05, 0) is 36.8 Å². The van der Waals surface area contributed by atoms with Gasteiger partial charge in [0, 0.05) is 12.2 Å². The van der Waals surface area contributed by atoms with Crippen LogP contribution in [0.4, 0.5) is 10.5 Å². The molecule has 9 heteroatoms. The first kappa shape index (κ1) is 20.3. The van der Waals surface area contributed by atoms with Crippen molar-refractivity contribution in [2.75, 3.05) is 12.4 Å². The standard InChI is InChI=1S/C20H21N5O3S/c1-13-3-5-14(6-4-13)11-21-20(27)22-12-17-24-25-19(29-17)18(26)23-15-7-9-16(28-2)10-8-15/h3-10H,11-12H2,1-2H3,(H,23,26)(H2,21,22,27). The number of aryl methyl sites for hydroxylation is 1. The molecule has 0 unspecified atom stereocenters. The van der Waals surface area contributed by atoms with Crippen molar-refractivity contribution in [3.63, 3.8) is 0 Å². The molecule has 0 atom stereocenters. The monoisotopic (exact) mass is 411 g/mol. The van der Waals surface area contributed by atoms with Gasteiger partial charge in [0.25, 0.3) is 5.91 Å². The minimum absolute atomic E-state index is 0.188. The van der Waals surface area contributed by atoms with Crippen LogP contribution in [0.1, 0.15) is 25.9 Å². The average Bonchev–Trinajstić information content (AvgIpc) is 3.22. The zero-order valence-electron chi connectivity index (χ0n) is 16.1. The van der Waals surface area contributed by atoms with E-state index in [4.69, 9.17) is 4.74 Å². The largest absolute Gasteiger partial charge is 0.497 e. The molecule has 1 aromatic heterocycles. The van der Waals surface area contributed by atoms with E-state index in [0.717, 1.165) is 16.9 Å². The van der Waals surface area contributed by atoms with E-state index in [0.29, 0.717) is 23.0 Å². The fourth-order valence-corrected chi connectivity index (χ4v) is 3.06. The Bertz CT molecular complexity index is 971. The van der Waals surface area contributed by atoms with Gasteiger partial charge in [0.05, 0.1) is 13.7 Å². The summed E-state index contributed by atoms with van der Waals surface area (Å²) in [5.74, 6) is 0.343. The van der Waals surface area contributed by atoms with Crippen LogP contribution in [-0.2, 0) is 13.1 Å². The number of carbonyl (C=O) groups is 2. The van der Waals surface area contributed by atoms with Crippen molar-refractivity contribution >= 4 is 29.0 Å². The number of nitrogens with zero attached hydrogens (tertiary/aromatic N) is 2. The summed E-state index contributed by atoms with van der Waals surface area (Å²) in [5, 5.41) is 16.8. The molecule has 0 fully saturated rings. The molecule has 3 N–H and O–H groups in total. The number of nitrogens with one attached hydrogen (secondary N) is 3. The van der Waals surface area contributed by atoms with Crippen LogP contribution in [0.2, 0.25) is 0 Å². The zero-order valence-corrected chi connectivity index (χ0v) is 16.9. The first-order valence-corrected chi connectivity index (χ1v) is 9.70. The molecule has 150 valence electrons. The lowest BCUT2D eigenvalue weighted by molar-refractivity contribution is 0.102. The summed E-state index contributed by atoms with van der Waals surface area (Å²) in [5.41, 5.74) is 2.81. The SMILES string of the molecule is COc1ccc(NC(=O)c2nnc(CNC(=O)NCc3ccc(C)cc3)s2)cc1. The summed E-state index contributed by atoms with van der Waals surface area (Å²) in [6.45, 7) is 2.63. The molecule has 0 aliphatic carbocycles. The van der Waals surface area contributed by atoms with Gasteiger partial charge in [0.1, 0.15) is 10.8 Å². The molecule has 1 heterocycles. The van der Waals surface area contributed by atoms with Crippen LogP contribution >= 0.6 is 11.3 Å². The molecule has 0 aliphatic heterocycles. The number of ether oxygens (including phenoxy) is 1. The summed E-state index contributed by atoms with van der Waals surface area (Å²) >= 11 is 1.12. The van der Waals surface area contributed by atoms with Crippen molar-refractivity contribution in [3.8, 4) is 5.75 Å². The summed E-state index contributed by atoms with van der Waals surface area (Å²) in [7, 11) is 1.58. The Morgan fingerprint density at radius 1 is 0.966 bits per heavy atom. The lowest BCUT2D eigenvalue weighted by Crippen LogP contribution is -2.34. The molecule has 29 heavy (non-hydrogen) atoms. The number of rotatable bonds is 7. The van der Waals surface area contributed by atoms with Crippen molar-refractivity contribution in [1.82, 2.24) is 20.8 Å². The number of carbonyl (C=O) groups excluding carboxylic acids is 2. The minimum Gasteiger partial charge on any atom is -0.497 e. The molecular weight excluding hydrogens is 390 g/mol. The molecule has 0 saturated carbocycles. The van der Waals surface area contributed by atoms with Crippen LogP contribution in [0.15, 0.2) is 48.5 Å². The summed E-state index contributed by atoms with van der Waals surface area (Å²) in [6, 6.07) is 14.6. The normalized spacial score (nSPS) is 10.3. The highest BCUT2D eigenvalue weighted by atomic mass is 32.1. The third-order valence-electron chi connectivity index (χ3n) is 3.98. The van der Waals surface area contributed by atoms with E-state index in [1.165, 1.54) is 5.56 Å². The molecule has 3 amide bonds. The van der Waals surface area contributed by atoms with Gasteiger partial charge >= 0.3 is 6.03 Å². The van der Waals surface area contributed by atoms with E-state index >= 15 is 0 Å². The number of amides is 3. The third kappa shape index (κ3) is 6.01. The van der Waals surface area contributed by atoms with Crippen molar-refractivity contribution in [3.05, 3.63) is 69.7 Å². The van der Waals surface area contributed by atoms with Crippen molar-refractivity contribution in [2.45, 2.75) is 20.0 Å². The Morgan fingerprint density at radius 2 is 1.66 bits per heavy atom. The maximum Gasteiger partial charge on any atom is 0.315 e. The fourth-order valence-electron chi connectivity index (χ4n) is 2.38. The number of urea groups is 1. The molecule has 0 spiro atoms. The zero-order chi connectivity index (χ0) is 20.6. The Hall–Kier alpha value is -3.46.